The lowest BCUT2D eigenvalue weighted by Crippen LogP contribution is -2.28. The van der Waals surface area contributed by atoms with Gasteiger partial charge in [0.15, 0.2) is 5.78 Å². The van der Waals surface area contributed by atoms with E-state index in [1.165, 1.54) is 0 Å². The van der Waals surface area contributed by atoms with Crippen molar-refractivity contribution in [3.05, 3.63) is 87.2 Å². The summed E-state index contributed by atoms with van der Waals surface area (Å²) in [4.78, 5) is 36.4. The van der Waals surface area contributed by atoms with Crippen LogP contribution < -0.4 is 11.4 Å². The number of carbonyl (C=O) groups is 1. The Hall–Kier alpha value is -3.15. The molecular formula is C16H13N3O3. The average Bonchev–Trinajstić information content (AvgIpc) is 2.83. The molecule has 0 aliphatic heterocycles. The standard InChI is InChI=1S/C16H13N3O3/c20-14(12-7-3-1-4-8-12)11-18-16(22)19(15(21)17-18)13-9-5-2-6-10-13/h1-10H,11H2,(H,17,21). The predicted molar refractivity (Wildman–Crippen MR) is 81.4 cm³/mol. The van der Waals surface area contributed by atoms with Gasteiger partial charge in [-0.25, -0.2) is 23.9 Å². The molecule has 1 aromatic heterocycles. The van der Waals surface area contributed by atoms with Crippen molar-refractivity contribution in [1.29, 1.82) is 0 Å². The van der Waals surface area contributed by atoms with E-state index < -0.39 is 11.4 Å². The second kappa shape index (κ2) is 5.69. The number of nitrogens with one attached hydrogen (secondary N) is 1. The van der Waals surface area contributed by atoms with Gasteiger partial charge in [-0.05, 0) is 12.1 Å². The third-order valence-electron chi connectivity index (χ3n) is 3.27. The Morgan fingerprint density at radius 2 is 1.50 bits per heavy atom. The SMILES string of the molecule is O=C(Cn1[nH]c(=O)n(-c2ccccc2)c1=O)c1ccccc1. The number of H-pyrrole nitrogens is 1. The van der Waals surface area contributed by atoms with Gasteiger partial charge in [-0.2, -0.15) is 0 Å². The number of rotatable bonds is 4. The molecule has 0 bridgehead atoms. The Balaban J connectivity index is 1.96. The zero-order valence-corrected chi connectivity index (χ0v) is 11.6. The van der Waals surface area contributed by atoms with Gasteiger partial charge in [0, 0.05) is 5.56 Å². The number of ketones is 1. The van der Waals surface area contributed by atoms with Gasteiger partial charge in [-0.3, -0.25) is 4.79 Å². The van der Waals surface area contributed by atoms with Crippen LogP contribution in [0.25, 0.3) is 5.69 Å². The molecule has 22 heavy (non-hydrogen) atoms. The number of carbonyl (C=O) groups excluding carboxylic acids is 1. The van der Waals surface area contributed by atoms with Crippen LogP contribution in [0.5, 0.6) is 0 Å². The molecule has 3 rings (SSSR count). The molecule has 0 aliphatic rings. The molecule has 0 radical (unpaired) electrons. The molecular weight excluding hydrogens is 282 g/mol. The van der Waals surface area contributed by atoms with Crippen LogP contribution in [0.3, 0.4) is 0 Å². The minimum Gasteiger partial charge on any atom is -0.292 e. The first-order valence-electron chi connectivity index (χ1n) is 6.72. The van der Waals surface area contributed by atoms with Crippen molar-refractivity contribution in [2.24, 2.45) is 0 Å². The van der Waals surface area contributed by atoms with Crippen LogP contribution in [0.15, 0.2) is 70.3 Å². The van der Waals surface area contributed by atoms with Crippen LogP contribution in [-0.4, -0.2) is 20.1 Å². The first-order chi connectivity index (χ1) is 10.7. The summed E-state index contributed by atoms with van der Waals surface area (Å²) in [6.45, 7) is -0.210. The summed E-state index contributed by atoms with van der Waals surface area (Å²) in [6.07, 6.45) is 0. The minimum atomic E-state index is -0.572. The summed E-state index contributed by atoms with van der Waals surface area (Å²) in [7, 11) is 0. The van der Waals surface area contributed by atoms with Gasteiger partial charge < -0.3 is 0 Å². The Labute approximate surface area is 125 Å². The van der Waals surface area contributed by atoms with E-state index in [9.17, 15) is 14.4 Å². The van der Waals surface area contributed by atoms with Gasteiger partial charge in [0.1, 0.15) is 6.54 Å². The van der Waals surface area contributed by atoms with Gasteiger partial charge in [0.25, 0.3) is 0 Å². The molecule has 2 aromatic carbocycles. The number of hydrogen-bond donors (Lipinski definition) is 1. The zero-order chi connectivity index (χ0) is 15.5. The molecule has 110 valence electrons. The maximum absolute atomic E-state index is 12.3. The highest BCUT2D eigenvalue weighted by Gasteiger charge is 2.14. The lowest BCUT2D eigenvalue weighted by Gasteiger charge is -2.01. The van der Waals surface area contributed by atoms with E-state index in [4.69, 9.17) is 0 Å². The molecule has 0 spiro atoms. The number of nitrogens with zero attached hydrogens (tertiary/aromatic N) is 2. The van der Waals surface area contributed by atoms with Crippen LogP contribution in [0, 0.1) is 0 Å². The Morgan fingerprint density at radius 1 is 0.909 bits per heavy atom. The van der Waals surface area contributed by atoms with E-state index in [-0.39, 0.29) is 12.3 Å². The number of hydrogen-bond acceptors (Lipinski definition) is 3. The normalized spacial score (nSPS) is 10.5. The largest absolute Gasteiger partial charge is 0.352 e. The maximum atomic E-state index is 12.3. The Kier molecular flexibility index (Phi) is 3.57. The highest BCUT2D eigenvalue weighted by molar-refractivity contribution is 5.95. The molecule has 6 heteroatoms. The van der Waals surface area contributed by atoms with Gasteiger partial charge in [-0.15, -0.1) is 0 Å². The molecule has 3 aromatic rings. The highest BCUT2D eigenvalue weighted by Crippen LogP contribution is 2.02. The van der Waals surface area contributed by atoms with Crippen molar-refractivity contribution in [3.63, 3.8) is 0 Å². The molecule has 1 heterocycles. The Bertz CT molecular complexity index is 905. The predicted octanol–water partition coefficient (Wildman–Crippen LogP) is 1.21. The fourth-order valence-electron chi connectivity index (χ4n) is 2.19. The van der Waals surface area contributed by atoms with E-state index in [1.54, 1.807) is 60.7 Å². The van der Waals surface area contributed by atoms with Crippen molar-refractivity contribution < 1.29 is 4.79 Å². The average molecular weight is 295 g/mol. The topological polar surface area (TPSA) is 76.9 Å². The number of benzene rings is 2. The first kappa shape index (κ1) is 13.8. The monoisotopic (exact) mass is 295 g/mol. The molecule has 0 fully saturated rings. The van der Waals surface area contributed by atoms with E-state index in [0.717, 1.165) is 9.25 Å². The fraction of sp³-hybridized carbons (Fsp3) is 0.0625. The fourth-order valence-corrected chi connectivity index (χ4v) is 2.19. The van der Waals surface area contributed by atoms with E-state index in [1.807, 2.05) is 0 Å². The third kappa shape index (κ3) is 2.54. The number of para-hydroxylation sites is 1. The van der Waals surface area contributed by atoms with Gasteiger partial charge in [0.05, 0.1) is 5.69 Å². The minimum absolute atomic E-state index is 0.210. The first-order valence-corrected chi connectivity index (χ1v) is 6.72. The van der Waals surface area contributed by atoms with Crippen molar-refractivity contribution in [2.75, 3.05) is 0 Å². The summed E-state index contributed by atoms with van der Waals surface area (Å²) in [5, 5.41) is 2.40. The third-order valence-corrected chi connectivity index (χ3v) is 3.27. The van der Waals surface area contributed by atoms with Crippen LogP contribution in [0.2, 0.25) is 0 Å². The van der Waals surface area contributed by atoms with Gasteiger partial charge >= 0.3 is 11.4 Å². The van der Waals surface area contributed by atoms with E-state index in [2.05, 4.69) is 5.10 Å². The van der Waals surface area contributed by atoms with Crippen LogP contribution in [0.1, 0.15) is 10.4 Å². The van der Waals surface area contributed by atoms with Crippen molar-refractivity contribution >= 4 is 5.78 Å². The van der Waals surface area contributed by atoms with E-state index >= 15 is 0 Å². The molecule has 0 saturated carbocycles. The molecule has 0 amide bonds. The zero-order valence-electron chi connectivity index (χ0n) is 11.6. The molecule has 0 atom stereocenters. The molecule has 0 aliphatic carbocycles. The van der Waals surface area contributed by atoms with Crippen LogP contribution in [-0.2, 0) is 6.54 Å². The summed E-state index contributed by atoms with van der Waals surface area (Å²) in [5.74, 6) is -0.246. The second-order valence-electron chi connectivity index (χ2n) is 4.75. The molecule has 0 saturated heterocycles. The van der Waals surface area contributed by atoms with Gasteiger partial charge in [-0.1, -0.05) is 48.5 Å². The Morgan fingerprint density at radius 3 is 2.14 bits per heavy atom. The summed E-state index contributed by atoms with van der Waals surface area (Å²) in [6, 6.07) is 17.2. The lowest BCUT2D eigenvalue weighted by molar-refractivity contribution is 0.0966. The molecule has 0 unspecified atom stereocenters. The van der Waals surface area contributed by atoms with Crippen molar-refractivity contribution in [1.82, 2.24) is 14.3 Å². The lowest BCUT2D eigenvalue weighted by atomic mass is 10.1. The van der Waals surface area contributed by atoms with Crippen molar-refractivity contribution in [2.45, 2.75) is 6.54 Å². The quantitative estimate of drug-likeness (QED) is 0.735. The van der Waals surface area contributed by atoms with E-state index in [0.29, 0.717) is 11.3 Å². The van der Waals surface area contributed by atoms with Crippen molar-refractivity contribution in [3.8, 4) is 5.69 Å². The summed E-state index contributed by atoms with van der Waals surface area (Å²) >= 11 is 0. The summed E-state index contributed by atoms with van der Waals surface area (Å²) < 4.78 is 2.02. The smallest absolute Gasteiger partial charge is 0.292 e. The van der Waals surface area contributed by atoms with Gasteiger partial charge in [0.2, 0.25) is 0 Å². The molecule has 6 nitrogen and oxygen atoms in total. The highest BCUT2D eigenvalue weighted by atomic mass is 16.2. The number of aromatic amines is 1. The van der Waals surface area contributed by atoms with Crippen LogP contribution in [0.4, 0.5) is 0 Å². The number of Topliss-reactive ketones (excluding diaryl/α,β-unsaturated/α-hetero) is 1. The second-order valence-corrected chi connectivity index (χ2v) is 4.75. The molecule has 1 N–H and O–H groups in total. The summed E-state index contributed by atoms with van der Waals surface area (Å²) in [5.41, 5.74) is -0.195. The van der Waals surface area contributed by atoms with Crippen LogP contribution >= 0.6 is 0 Å². The maximum Gasteiger partial charge on any atom is 0.352 e. The number of aromatic nitrogens is 3.